The van der Waals surface area contributed by atoms with Crippen molar-refractivity contribution in [3.8, 4) is 17.0 Å². The number of anilines is 1. The molecule has 2 amide bonds. The SMILES string of the molecule is COc1ccc(-c2csc(N3N=C(C)[C@@H](N=Nc4ccc(C(N)=O)cc4)C3=O)n2)cc1. The molecule has 2 aromatic carbocycles. The van der Waals surface area contributed by atoms with Crippen LogP contribution in [0.4, 0.5) is 10.8 Å². The summed E-state index contributed by atoms with van der Waals surface area (Å²) < 4.78 is 5.17. The average Bonchev–Trinajstić information content (AvgIpc) is 3.37. The van der Waals surface area contributed by atoms with Gasteiger partial charge in [0.1, 0.15) is 5.75 Å². The summed E-state index contributed by atoms with van der Waals surface area (Å²) in [6.07, 6.45) is 0. The van der Waals surface area contributed by atoms with Crippen LogP contribution in [0.3, 0.4) is 0 Å². The van der Waals surface area contributed by atoms with Crippen LogP contribution in [0, 0.1) is 0 Å². The highest BCUT2D eigenvalue weighted by atomic mass is 32.1. The van der Waals surface area contributed by atoms with Gasteiger partial charge in [0.05, 0.1) is 24.2 Å². The van der Waals surface area contributed by atoms with E-state index in [1.165, 1.54) is 16.3 Å². The fourth-order valence-corrected chi connectivity index (χ4v) is 3.69. The Bertz CT molecular complexity index is 1180. The monoisotopic (exact) mass is 434 g/mol. The maximum Gasteiger partial charge on any atom is 0.282 e. The van der Waals surface area contributed by atoms with Crippen molar-refractivity contribution >= 4 is 39.7 Å². The zero-order valence-electron chi connectivity index (χ0n) is 16.7. The van der Waals surface area contributed by atoms with E-state index in [9.17, 15) is 9.59 Å². The summed E-state index contributed by atoms with van der Waals surface area (Å²) in [4.78, 5) is 28.5. The Hall–Kier alpha value is -3.92. The van der Waals surface area contributed by atoms with Crippen molar-refractivity contribution in [1.82, 2.24) is 4.98 Å². The third-order valence-corrected chi connectivity index (χ3v) is 5.41. The molecule has 10 heteroatoms. The van der Waals surface area contributed by atoms with Gasteiger partial charge in [-0.3, -0.25) is 9.59 Å². The van der Waals surface area contributed by atoms with Crippen LogP contribution in [0.2, 0.25) is 0 Å². The van der Waals surface area contributed by atoms with Gasteiger partial charge in [-0.2, -0.15) is 20.3 Å². The fraction of sp³-hybridized carbons (Fsp3) is 0.143. The number of benzene rings is 2. The predicted molar refractivity (Wildman–Crippen MR) is 118 cm³/mol. The minimum absolute atomic E-state index is 0.328. The second-order valence-electron chi connectivity index (χ2n) is 6.66. The summed E-state index contributed by atoms with van der Waals surface area (Å²) >= 11 is 1.32. The molecule has 3 aromatic rings. The second kappa shape index (κ2) is 8.44. The van der Waals surface area contributed by atoms with Gasteiger partial charge in [0.25, 0.3) is 5.91 Å². The van der Waals surface area contributed by atoms with Crippen LogP contribution in [0.15, 0.2) is 69.2 Å². The van der Waals surface area contributed by atoms with Crippen molar-refractivity contribution in [2.45, 2.75) is 13.0 Å². The first-order valence-corrected chi connectivity index (χ1v) is 10.1. The van der Waals surface area contributed by atoms with Gasteiger partial charge in [0.2, 0.25) is 11.0 Å². The summed E-state index contributed by atoms with van der Waals surface area (Å²) in [7, 11) is 1.61. The molecular weight excluding hydrogens is 416 g/mol. The molecule has 9 nitrogen and oxygen atoms in total. The molecular formula is C21H18N6O3S. The molecule has 0 radical (unpaired) electrons. The number of hydrazone groups is 1. The van der Waals surface area contributed by atoms with Crippen molar-refractivity contribution in [3.63, 3.8) is 0 Å². The maximum atomic E-state index is 12.9. The number of rotatable bonds is 6. The van der Waals surface area contributed by atoms with E-state index in [1.54, 1.807) is 38.3 Å². The molecule has 0 saturated heterocycles. The van der Waals surface area contributed by atoms with Gasteiger partial charge < -0.3 is 10.5 Å². The number of nitrogens with two attached hydrogens (primary N) is 1. The minimum Gasteiger partial charge on any atom is -0.497 e. The van der Waals surface area contributed by atoms with Crippen molar-refractivity contribution in [2.24, 2.45) is 21.1 Å². The Morgan fingerprint density at radius 3 is 2.52 bits per heavy atom. The van der Waals surface area contributed by atoms with Crippen LogP contribution in [-0.2, 0) is 4.79 Å². The van der Waals surface area contributed by atoms with E-state index in [-0.39, 0.29) is 5.91 Å². The van der Waals surface area contributed by atoms with Crippen molar-refractivity contribution in [1.29, 1.82) is 0 Å². The van der Waals surface area contributed by atoms with Gasteiger partial charge in [-0.15, -0.1) is 11.3 Å². The standard InChI is InChI=1S/C21H18N6O3S/c1-12-18(25-24-15-7-3-14(4-8-15)19(22)28)20(29)27(26-12)21-23-17(11-31-21)13-5-9-16(30-2)10-6-13/h3-11,18H,1-2H3,(H2,22,28)/t18-/m1/s1. The van der Waals surface area contributed by atoms with E-state index in [1.807, 2.05) is 29.6 Å². The number of azo groups is 1. The molecule has 0 aliphatic carbocycles. The predicted octanol–water partition coefficient (Wildman–Crippen LogP) is 3.79. The lowest BCUT2D eigenvalue weighted by Crippen LogP contribution is -2.29. The largest absolute Gasteiger partial charge is 0.497 e. The molecule has 1 atom stereocenters. The van der Waals surface area contributed by atoms with Crippen molar-refractivity contribution in [3.05, 3.63) is 59.5 Å². The number of nitrogens with zero attached hydrogens (tertiary/aromatic N) is 5. The van der Waals surface area contributed by atoms with Crippen LogP contribution in [0.1, 0.15) is 17.3 Å². The molecule has 0 fully saturated rings. The van der Waals surface area contributed by atoms with Crippen LogP contribution in [0.25, 0.3) is 11.3 Å². The summed E-state index contributed by atoms with van der Waals surface area (Å²) in [5.74, 6) is -0.0946. The molecule has 0 spiro atoms. The van der Waals surface area contributed by atoms with Crippen LogP contribution < -0.4 is 15.5 Å². The second-order valence-corrected chi connectivity index (χ2v) is 7.50. The molecule has 4 rings (SSSR count). The highest BCUT2D eigenvalue weighted by Gasteiger charge is 2.36. The van der Waals surface area contributed by atoms with Gasteiger partial charge in [0.15, 0.2) is 6.04 Å². The topological polar surface area (TPSA) is 123 Å². The first-order chi connectivity index (χ1) is 15.0. The summed E-state index contributed by atoms with van der Waals surface area (Å²) in [5.41, 5.74) is 8.26. The fourth-order valence-electron chi connectivity index (χ4n) is 2.90. The molecule has 156 valence electrons. The van der Waals surface area contributed by atoms with E-state index in [4.69, 9.17) is 10.5 Å². The van der Waals surface area contributed by atoms with Gasteiger partial charge in [0, 0.05) is 16.5 Å². The van der Waals surface area contributed by atoms with Gasteiger partial charge in [-0.05, 0) is 55.5 Å². The van der Waals surface area contributed by atoms with E-state index in [0.717, 1.165) is 17.0 Å². The molecule has 2 heterocycles. The van der Waals surface area contributed by atoms with E-state index >= 15 is 0 Å². The molecule has 2 N–H and O–H groups in total. The van der Waals surface area contributed by atoms with Gasteiger partial charge in [-0.1, -0.05) is 0 Å². The smallest absolute Gasteiger partial charge is 0.282 e. The number of hydrogen-bond acceptors (Lipinski definition) is 8. The Morgan fingerprint density at radius 2 is 1.87 bits per heavy atom. The minimum atomic E-state index is -0.829. The van der Waals surface area contributed by atoms with Gasteiger partial charge >= 0.3 is 0 Å². The molecule has 1 aromatic heterocycles. The Labute approximate surface area is 181 Å². The first kappa shape index (κ1) is 20.4. The average molecular weight is 434 g/mol. The Morgan fingerprint density at radius 1 is 1.16 bits per heavy atom. The van der Waals surface area contributed by atoms with Crippen molar-refractivity contribution in [2.75, 3.05) is 12.1 Å². The summed E-state index contributed by atoms with van der Waals surface area (Å²) in [6.45, 7) is 1.72. The normalized spacial score (nSPS) is 16.1. The molecule has 31 heavy (non-hydrogen) atoms. The number of aromatic nitrogens is 1. The molecule has 0 saturated carbocycles. The lowest BCUT2D eigenvalue weighted by atomic mass is 10.2. The van der Waals surface area contributed by atoms with Crippen LogP contribution in [-0.4, -0.2) is 35.7 Å². The highest BCUT2D eigenvalue weighted by molar-refractivity contribution is 7.14. The number of hydrogen-bond donors (Lipinski definition) is 1. The number of thiazole rings is 1. The number of amides is 2. The first-order valence-electron chi connectivity index (χ1n) is 9.26. The molecule has 1 aliphatic rings. The summed E-state index contributed by atoms with van der Waals surface area (Å²) in [6, 6.07) is 13.0. The highest BCUT2D eigenvalue weighted by Crippen LogP contribution is 2.31. The van der Waals surface area contributed by atoms with E-state index < -0.39 is 11.9 Å². The number of carbonyl (C=O) groups is 2. The number of ether oxygens (including phenoxy) is 1. The zero-order valence-corrected chi connectivity index (χ0v) is 17.5. The summed E-state index contributed by atoms with van der Waals surface area (Å²) in [5, 5.41) is 16.1. The lowest BCUT2D eigenvalue weighted by molar-refractivity contribution is -0.117. The lowest BCUT2D eigenvalue weighted by Gasteiger charge is -2.08. The molecule has 1 aliphatic heterocycles. The Kier molecular flexibility index (Phi) is 5.54. The van der Waals surface area contributed by atoms with Crippen LogP contribution in [0.5, 0.6) is 5.75 Å². The number of methoxy groups -OCH3 is 1. The number of carbonyl (C=O) groups excluding carboxylic acids is 2. The van der Waals surface area contributed by atoms with Crippen LogP contribution >= 0.6 is 11.3 Å². The number of primary amides is 1. The van der Waals surface area contributed by atoms with Gasteiger partial charge in [-0.25, -0.2) is 4.98 Å². The molecule has 0 bridgehead atoms. The van der Waals surface area contributed by atoms with E-state index in [2.05, 4.69) is 20.3 Å². The van der Waals surface area contributed by atoms with E-state index in [0.29, 0.717) is 22.1 Å². The third kappa shape index (κ3) is 4.19. The molecule has 0 unspecified atom stereocenters. The van der Waals surface area contributed by atoms with Crippen molar-refractivity contribution < 1.29 is 14.3 Å². The maximum absolute atomic E-state index is 12.9. The quantitative estimate of drug-likeness (QED) is 0.593. The zero-order chi connectivity index (χ0) is 22.0. The Balaban J connectivity index is 1.50. The third-order valence-electron chi connectivity index (χ3n) is 4.60.